The lowest BCUT2D eigenvalue weighted by atomic mass is 10.1. The average Bonchev–Trinajstić information content (AvgIpc) is 3.23. The first-order valence-corrected chi connectivity index (χ1v) is 10.2. The van der Waals surface area contributed by atoms with Crippen LogP contribution in [-0.2, 0) is 17.9 Å². The lowest BCUT2D eigenvalue weighted by Crippen LogP contribution is -2.49. The Morgan fingerprint density at radius 1 is 1.25 bits per heavy atom. The molecule has 148 valence electrons. The van der Waals surface area contributed by atoms with Crippen LogP contribution < -0.4 is 16.0 Å². The molecule has 1 fully saturated rings. The van der Waals surface area contributed by atoms with E-state index in [0.717, 1.165) is 24.6 Å². The number of hydrogen-bond acceptors (Lipinski definition) is 4. The molecule has 7 nitrogen and oxygen atoms in total. The number of benzene rings is 1. The number of thiophene rings is 1. The number of rotatable bonds is 6. The summed E-state index contributed by atoms with van der Waals surface area (Å²) in [4.78, 5) is 31.4. The molecule has 0 atom stereocenters. The topological polar surface area (TPSA) is 85.8 Å². The number of aliphatic imine (C=N–C) groups is 1. The van der Waals surface area contributed by atoms with Crippen LogP contribution in [0.2, 0.25) is 0 Å². The predicted octanol–water partition coefficient (Wildman–Crippen LogP) is 1.58. The number of guanidine groups is 1. The molecule has 0 radical (unpaired) electrons. The normalized spacial score (nSPS) is 14.5. The van der Waals surface area contributed by atoms with E-state index in [1.54, 1.807) is 28.4 Å². The monoisotopic (exact) mass is 399 g/mol. The SMILES string of the molecule is CCNC(=NCc1ccc(C(=O)N2CCNC(=O)C2)cc1)NCc1cccs1. The Balaban J connectivity index is 1.57. The zero-order valence-corrected chi connectivity index (χ0v) is 16.7. The third-order valence-electron chi connectivity index (χ3n) is 4.30. The maximum Gasteiger partial charge on any atom is 0.254 e. The Labute approximate surface area is 168 Å². The molecule has 0 saturated carbocycles. The third-order valence-corrected chi connectivity index (χ3v) is 5.18. The molecule has 0 bridgehead atoms. The zero-order chi connectivity index (χ0) is 19.8. The van der Waals surface area contributed by atoms with Crippen LogP contribution in [-0.4, -0.2) is 48.9 Å². The van der Waals surface area contributed by atoms with E-state index in [0.29, 0.717) is 25.2 Å². The number of nitrogens with one attached hydrogen (secondary N) is 3. The Bertz CT molecular complexity index is 818. The van der Waals surface area contributed by atoms with Crippen molar-refractivity contribution in [2.75, 3.05) is 26.2 Å². The zero-order valence-electron chi connectivity index (χ0n) is 15.9. The maximum absolute atomic E-state index is 12.5. The minimum Gasteiger partial charge on any atom is -0.357 e. The first-order valence-electron chi connectivity index (χ1n) is 9.35. The Hall–Kier alpha value is -2.87. The van der Waals surface area contributed by atoms with Crippen LogP contribution >= 0.6 is 11.3 Å². The number of carbonyl (C=O) groups is 2. The molecule has 0 aliphatic carbocycles. The van der Waals surface area contributed by atoms with Crippen molar-refractivity contribution in [2.45, 2.75) is 20.0 Å². The molecule has 2 aromatic rings. The van der Waals surface area contributed by atoms with Crippen molar-refractivity contribution in [3.05, 3.63) is 57.8 Å². The van der Waals surface area contributed by atoms with Gasteiger partial charge in [0.2, 0.25) is 5.91 Å². The number of amides is 2. The molecule has 8 heteroatoms. The second-order valence-electron chi connectivity index (χ2n) is 6.40. The van der Waals surface area contributed by atoms with Crippen molar-refractivity contribution in [3.8, 4) is 0 Å². The molecule has 28 heavy (non-hydrogen) atoms. The smallest absolute Gasteiger partial charge is 0.254 e. The van der Waals surface area contributed by atoms with Crippen LogP contribution in [0.15, 0.2) is 46.8 Å². The minimum absolute atomic E-state index is 0.114. The van der Waals surface area contributed by atoms with Gasteiger partial charge in [-0.2, -0.15) is 0 Å². The fraction of sp³-hybridized carbons (Fsp3) is 0.350. The first kappa shape index (κ1) is 19.9. The van der Waals surface area contributed by atoms with Gasteiger partial charge >= 0.3 is 0 Å². The number of carbonyl (C=O) groups excluding carboxylic acids is 2. The minimum atomic E-state index is -0.115. The van der Waals surface area contributed by atoms with Crippen LogP contribution in [0.5, 0.6) is 0 Å². The summed E-state index contributed by atoms with van der Waals surface area (Å²) in [6, 6.07) is 11.5. The van der Waals surface area contributed by atoms with Gasteiger partial charge in [-0.25, -0.2) is 4.99 Å². The molecule has 2 heterocycles. The van der Waals surface area contributed by atoms with Crippen molar-refractivity contribution in [1.82, 2.24) is 20.9 Å². The fourth-order valence-electron chi connectivity index (χ4n) is 2.84. The van der Waals surface area contributed by atoms with Crippen molar-refractivity contribution >= 4 is 29.1 Å². The van der Waals surface area contributed by atoms with E-state index >= 15 is 0 Å². The highest BCUT2D eigenvalue weighted by molar-refractivity contribution is 7.09. The summed E-state index contributed by atoms with van der Waals surface area (Å²) in [6.45, 7) is 5.23. The van der Waals surface area contributed by atoms with Gasteiger partial charge in [-0.3, -0.25) is 9.59 Å². The van der Waals surface area contributed by atoms with Gasteiger partial charge in [-0.1, -0.05) is 18.2 Å². The molecule has 3 N–H and O–H groups in total. The van der Waals surface area contributed by atoms with E-state index in [1.165, 1.54) is 4.88 Å². The quantitative estimate of drug-likeness (QED) is 0.509. The molecular formula is C20H25N5O2S. The van der Waals surface area contributed by atoms with Gasteiger partial charge in [0.25, 0.3) is 5.91 Å². The summed E-state index contributed by atoms with van der Waals surface area (Å²) in [5.74, 6) is 0.530. The highest BCUT2D eigenvalue weighted by Crippen LogP contribution is 2.10. The molecule has 1 aromatic carbocycles. The highest BCUT2D eigenvalue weighted by atomic mass is 32.1. The molecule has 1 aromatic heterocycles. The van der Waals surface area contributed by atoms with Crippen LogP contribution in [0.25, 0.3) is 0 Å². The van der Waals surface area contributed by atoms with Crippen LogP contribution in [0.4, 0.5) is 0 Å². The summed E-state index contributed by atoms with van der Waals surface area (Å²) >= 11 is 1.71. The molecule has 3 rings (SSSR count). The molecule has 0 spiro atoms. The van der Waals surface area contributed by atoms with Crippen LogP contribution in [0, 0.1) is 0 Å². The van der Waals surface area contributed by atoms with E-state index in [9.17, 15) is 9.59 Å². The summed E-state index contributed by atoms with van der Waals surface area (Å²) in [5.41, 5.74) is 1.60. The van der Waals surface area contributed by atoms with E-state index in [4.69, 9.17) is 0 Å². The van der Waals surface area contributed by atoms with Crippen LogP contribution in [0.3, 0.4) is 0 Å². The lowest BCUT2D eigenvalue weighted by Gasteiger charge is -2.26. The van der Waals surface area contributed by atoms with Crippen molar-refractivity contribution in [1.29, 1.82) is 0 Å². The van der Waals surface area contributed by atoms with Gasteiger partial charge in [-0.15, -0.1) is 11.3 Å². The molecule has 0 unspecified atom stereocenters. The van der Waals surface area contributed by atoms with Gasteiger partial charge < -0.3 is 20.9 Å². The van der Waals surface area contributed by atoms with Gasteiger partial charge in [0.05, 0.1) is 19.6 Å². The lowest BCUT2D eigenvalue weighted by molar-refractivity contribution is -0.123. The molecular weight excluding hydrogens is 374 g/mol. The second-order valence-corrected chi connectivity index (χ2v) is 7.43. The summed E-state index contributed by atoms with van der Waals surface area (Å²) in [5, 5.41) is 11.3. The number of hydrogen-bond donors (Lipinski definition) is 3. The Kier molecular flexibility index (Phi) is 7.02. The molecule has 1 aliphatic heterocycles. The Morgan fingerprint density at radius 2 is 2.07 bits per heavy atom. The van der Waals surface area contributed by atoms with E-state index in [-0.39, 0.29) is 18.4 Å². The number of piperazine rings is 1. The molecule has 1 aliphatic rings. The van der Waals surface area contributed by atoms with Gasteiger partial charge in [-0.05, 0) is 36.1 Å². The van der Waals surface area contributed by atoms with Gasteiger partial charge in [0.1, 0.15) is 0 Å². The summed E-state index contributed by atoms with van der Waals surface area (Å²) < 4.78 is 0. The van der Waals surface area contributed by atoms with E-state index < -0.39 is 0 Å². The fourth-order valence-corrected chi connectivity index (χ4v) is 3.49. The third kappa shape index (κ3) is 5.56. The predicted molar refractivity (Wildman–Crippen MR) is 111 cm³/mol. The second kappa shape index (κ2) is 9.89. The van der Waals surface area contributed by atoms with Gasteiger partial charge in [0, 0.05) is 30.1 Å². The summed E-state index contributed by atoms with van der Waals surface area (Å²) in [6.07, 6.45) is 0. The van der Waals surface area contributed by atoms with Crippen molar-refractivity contribution in [3.63, 3.8) is 0 Å². The number of nitrogens with zero attached hydrogens (tertiary/aromatic N) is 2. The molecule has 1 saturated heterocycles. The van der Waals surface area contributed by atoms with E-state index in [1.807, 2.05) is 25.1 Å². The van der Waals surface area contributed by atoms with Crippen LogP contribution in [0.1, 0.15) is 27.7 Å². The average molecular weight is 400 g/mol. The van der Waals surface area contributed by atoms with Crippen molar-refractivity contribution in [2.24, 2.45) is 4.99 Å². The summed E-state index contributed by atoms with van der Waals surface area (Å²) in [7, 11) is 0. The van der Waals surface area contributed by atoms with Crippen molar-refractivity contribution < 1.29 is 9.59 Å². The first-order chi connectivity index (χ1) is 13.7. The van der Waals surface area contributed by atoms with Gasteiger partial charge in [0.15, 0.2) is 5.96 Å². The standard InChI is InChI=1S/C20H25N5O2S/c1-2-21-20(24-13-17-4-3-11-28-17)23-12-15-5-7-16(8-6-15)19(27)25-10-9-22-18(26)14-25/h3-8,11H,2,9-10,12-14H2,1H3,(H,22,26)(H2,21,23,24). The largest absolute Gasteiger partial charge is 0.357 e. The highest BCUT2D eigenvalue weighted by Gasteiger charge is 2.21. The van der Waals surface area contributed by atoms with E-state index in [2.05, 4.69) is 32.4 Å². The maximum atomic E-state index is 12.5. The Morgan fingerprint density at radius 3 is 2.75 bits per heavy atom. The molecule has 2 amide bonds.